The predicted molar refractivity (Wildman–Crippen MR) is 127 cm³/mol. The van der Waals surface area contributed by atoms with Crippen LogP contribution < -0.4 is 10.0 Å². The summed E-state index contributed by atoms with van der Waals surface area (Å²) in [6, 6.07) is 22.1. The van der Waals surface area contributed by atoms with E-state index in [2.05, 4.69) is 0 Å². The number of nitrogens with two attached hydrogens (primary N) is 1. The highest BCUT2D eigenvalue weighted by atomic mass is 32.2. The van der Waals surface area contributed by atoms with E-state index in [9.17, 15) is 18.1 Å². The number of fused-ring (bicyclic) bond motifs is 2. The minimum Gasteiger partial charge on any atom is -0.439 e. The van der Waals surface area contributed by atoms with Crippen molar-refractivity contribution >= 4 is 21.5 Å². The first-order chi connectivity index (χ1) is 16.3. The van der Waals surface area contributed by atoms with Crippen molar-refractivity contribution in [1.82, 2.24) is 0 Å². The van der Waals surface area contributed by atoms with Gasteiger partial charge in [-0.3, -0.25) is 4.31 Å². The monoisotopic (exact) mass is 473 g/mol. The molecule has 3 aromatic rings. The normalized spacial score (nSPS) is 18.6. The number of nitrogens with zero attached hydrogens (tertiary/aromatic N) is 2. The van der Waals surface area contributed by atoms with E-state index in [0.29, 0.717) is 11.3 Å². The molecule has 0 bridgehead atoms. The summed E-state index contributed by atoms with van der Waals surface area (Å²) in [5.74, 6) is -2.11. The first-order valence-corrected chi connectivity index (χ1v) is 12.0. The topological polar surface area (TPSA) is 96.4 Å². The summed E-state index contributed by atoms with van der Waals surface area (Å²) in [5, 5.41) is 9.86. The van der Waals surface area contributed by atoms with Gasteiger partial charge < -0.3 is 10.5 Å². The number of para-hydroxylation sites is 1. The van der Waals surface area contributed by atoms with Crippen LogP contribution in [0.15, 0.2) is 89.2 Å². The van der Waals surface area contributed by atoms with E-state index in [4.69, 9.17) is 10.5 Å². The molecule has 5 rings (SSSR count). The van der Waals surface area contributed by atoms with Gasteiger partial charge in [0.05, 0.1) is 18.2 Å². The van der Waals surface area contributed by atoms with Gasteiger partial charge >= 0.3 is 0 Å². The second-order valence-electron chi connectivity index (χ2n) is 8.10. The molecule has 0 aliphatic carbocycles. The third-order valence-electron chi connectivity index (χ3n) is 6.15. The summed E-state index contributed by atoms with van der Waals surface area (Å²) in [7, 11) is -4.25. The fraction of sp³-hybridized carbons (Fsp3) is 0.115. The first kappa shape index (κ1) is 21.7. The van der Waals surface area contributed by atoms with E-state index < -0.39 is 21.8 Å². The van der Waals surface area contributed by atoms with E-state index in [1.54, 1.807) is 30.3 Å². The number of hydrogen-bond acceptors (Lipinski definition) is 5. The minimum atomic E-state index is -4.25. The number of allylic oxidation sites excluding steroid dienone is 2. The lowest BCUT2D eigenvalue weighted by molar-refractivity contribution is 0.357. The molecule has 2 aliphatic heterocycles. The molecule has 1 atom stereocenters. The van der Waals surface area contributed by atoms with Gasteiger partial charge in [-0.2, -0.15) is 5.26 Å². The van der Waals surface area contributed by atoms with Crippen molar-refractivity contribution in [2.45, 2.75) is 19.4 Å². The molecule has 34 heavy (non-hydrogen) atoms. The maximum atomic E-state index is 15.0. The van der Waals surface area contributed by atoms with Crippen LogP contribution in [0.4, 0.5) is 10.1 Å². The Kier molecular flexibility index (Phi) is 5.14. The lowest BCUT2D eigenvalue weighted by Crippen LogP contribution is -2.39. The van der Waals surface area contributed by atoms with Crippen LogP contribution in [-0.4, -0.2) is 8.42 Å². The van der Waals surface area contributed by atoms with Gasteiger partial charge in [0, 0.05) is 11.1 Å². The summed E-state index contributed by atoms with van der Waals surface area (Å²) >= 11 is 0. The Hall–Kier alpha value is -4.09. The number of nitriles is 1. The lowest BCUT2D eigenvalue weighted by atomic mass is 9.88. The Morgan fingerprint density at radius 1 is 1.06 bits per heavy atom. The van der Waals surface area contributed by atoms with Crippen LogP contribution >= 0.6 is 0 Å². The fourth-order valence-electron chi connectivity index (χ4n) is 4.44. The highest BCUT2D eigenvalue weighted by Crippen LogP contribution is 2.51. The fourth-order valence-corrected chi connectivity index (χ4v) is 6.34. The van der Waals surface area contributed by atoms with Crippen molar-refractivity contribution in [2.24, 2.45) is 5.73 Å². The van der Waals surface area contributed by atoms with Gasteiger partial charge in [-0.25, -0.2) is 12.8 Å². The molecule has 0 radical (unpaired) electrons. The Morgan fingerprint density at radius 2 is 1.74 bits per heavy atom. The molecule has 2 heterocycles. The Labute approximate surface area is 197 Å². The Balaban J connectivity index is 1.79. The number of sulfonamides is 1. The van der Waals surface area contributed by atoms with Gasteiger partial charge in [-0.15, -0.1) is 0 Å². The average molecular weight is 474 g/mol. The molecule has 1 unspecified atom stereocenters. The van der Waals surface area contributed by atoms with Gasteiger partial charge in [0.15, 0.2) is 5.76 Å². The molecule has 2 aliphatic rings. The van der Waals surface area contributed by atoms with E-state index in [-0.39, 0.29) is 34.2 Å². The molecular formula is C26H20FN3O3S. The molecular weight excluding hydrogens is 453 g/mol. The molecule has 6 nitrogen and oxygen atoms in total. The largest absolute Gasteiger partial charge is 0.439 e. The van der Waals surface area contributed by atoms with Crippen LogP contribution in [0.3, 0.4) is 0 Å². The van der Waals surface area contributed by atoms with Crippen molar-refractivity contribution < 1.29 is 17.5 Å². The minimum absolute atomic E-state index is 0.0152. The smallest absolute Gasteiger partial charge is 0.265 e. The number of ether oxygens (including phenoxy) is 1. The van der Waals surface area contributed by atoms with Crippen LogP contribution in [0.1, 0.15) is 28.2 Å². The van der Waals surface area contributed by atoms with Crippen LogP contribution in [0, 0.1) is 24.1 Å². The molecule has 3 aromatic carbocycles. The van der Waals surface area contributed by atoms with E-state index >= 15 is 0 Å². The third kappa shape index (κ3) is 3.25. The van der Waals surface area contributed by atoms with Gasteiger partial charge in [-0.05, 0) is 36.2 Å². The van der Waals surface area contributed by atoms with Crippen LogP contribution in [0.5, 0.6) is 0 Å². The Morgan fingerprint density at radius 3 is 2.47 bits per heavy atom. The number of hydrogen-bond donors (Lipinski definition) is 1. The van der Waals surface area contributed by atoms with Crippen molar-refractivity contribution in [3.63, 3.8) is 0 Å². The quantitative estimate of drug-likeness (QED) is 0.597. The van der Waals surface area contributed by atoms with Crippen LogP contribution in [0.25, 0.3) is 5.76 Å². The van der Waals surface area contributed by atoms with E-state index in [1.807, 2.05) is 37.3 Å². The number of aryl methyl sites for hydroxylation is 1. The maximum Gasteiger partial charge on any atom is 0.265 e. The molecule has 0 fully saturated rings. The number of rotatable bonds is 3. The van der Waals surface area contributed by atoms with Crippen LogP contribution in [0.2, 0.25) is 0 Å². The highest BCUT2D eigenvalue weighted by Gasteiger charge is 2.47. The second-order valence-corrected chi connectivity index (χ2v) is 9.93. The highest BCUT2D eigenvalue weighted by molar-refractivity contribution is 7.96. The zero-order chi connectivity index (χ0) is 24.0. The Bertz CT molecular complexity index is 1540. The SMILES string of the molecule is Cc1ccccc1CN1c2ccccc2C2=C(C(c3ccccc3F)C(C#N)=C(N)O2)S1(=O)=O. The molecule has 2 N–H and O–H groups in total. The summed E-state index contributed by atoms with van der Waals surface area (Å²) in [5.41, 5.74) is 8.63. The second kappa shape index (κ2) is 8.04. The molecule has 0 aromatic heterocycles. The zero-order valence-electron chi connectivity index (χ0n) is 18.2. The molecule has 0 amide bonds. The van der Waals surface area contributed by atoms with Gasteiger partial charge in [0.1, 0.15) is 22.4 Å². The first-order valence-electron chi connectivity index (χ1n) is 10.6. The number of halogens is 1. The molecule has 0 saturated heterocycles. The molecule has 0 saturated carbocycles. The summed E-state index contributed by atoms with van der Waals surface area (Å²) in [4.78, 5) is -0.198. The summed E-state index contributed by atoms with van der Waals surface area (Å²) in [6.07, 6.45) is 0. The molecule has 0 spiro atoms. The standard InChI is InChI=1S/C26H20FN3O3S/c1-16-8-2-3-9-17(16)15-30-22-13-7-5-11-19(22)24-25(34(30,31)32)23(20(14-28)26(29)33-24)18-10-4-6-12-21(18)27/h2-13,23H,15,29H2,1H3. The predicted octanol–water partition coefficient (Wildman–Crippen LogP) is 4.66. The number of benzene rings is 3. The van der Waals surface area contributed by atoms with E-state index in [0.717, 1.165) is 11.1 Å². The summed E-state index contributed by atoms with van der Waals surface area (Å²) in [6.45, 7) is 1.97. The lowest BCUT2D eigenvalue weighted by Gasteiger charge is -2.38. The van der Waals surface area contributed by atoms with Gasteiger partial charge in [0.2, 0.25) is 5.88 Å². The van der Waals surface area contributed by atoms with Gasteiger partial charge in [0.25, 0.3) is 10.0 Å². The zero-order valence-corrected chi connectivity index (χ0v) is 19.0. The average Bonchev–Trinajstić information content (AvgIpc) is 2.82. The van der Waals surface area contributed by atoms with E-state index in [1.165, 1.54) is 22.5 Å². The molecule has 170 valence electrons. The van der Waals surface area contributed by atoms with Crippen LogP contribution in [-0.2, 0) is 21.3 Å². The maximum absolute atomic E-state index is 15.0. The number of anilines is 1. The third-order valence-corrected chi connectivity index (χ3v) is 8.03. The van der Waals surface area contributed by atoms with Gasteiger partial charge in [-0.1, -0.05) is 54.6 Å². The summed E-state index contributed by atoms with van der Waals surface area (Å²) < 4.78 is 50.4. The van der Waals surface area contributed by atoms with Crippen molar-refractivity contribution in [1.29, 1.82) is 5.26 Å². The van der Waals surface area contributed by atoms with Crippen molar-refractivity contribution in [3.8, 4) is 6.07 Å². The molecule has 8 heteroatoms. The van der Waals surface area contributed by atoms with Crippen molar-refractivity contribution in [3.05, 3.63) is 117 Å². The van der Waals surface area contributed by atoms with Crippen molar-refractivity contribution in [2.75, 3.05) is 4.31 Å².